The minimum absolute atomic E-state index is 0.439. The van der Waals surface area contributed by atoms with E-state index in [1.165, 1.54) is 11.9 Å². The van der Waals surface area contributed by atoms with Gasteiger partial charge >= 0.3 is 0 Å². The van der Waals surface area contributed by atoms with Crippen molar-refractivity contribution in [3.63, 3.8) is 0 Å². The highest BCUT2D eigenvalue weighted by molar-refractivity contribution is 7.88. The van der Waals surface area contributed by atoms with Crippen LogP contribution in [0.4, 0.5) is 5.69 Å². The second-order valence-corrected chi connectivity index (χ2v) is 7.04. The molecule has 19 heavy (non-hydrogen) atoms. The zero-order chi connectivity index (χ0) is 13.9. The first-order chi connectivity index (χ1) is 8.94. The number of pyridine rings is 1. The van der Waals surface area contributed by atoms with E-state index in [1.54, 1.807) is 0 Å². The average Bonchev–Trinajstić information content (AvgIpc) is 2.36. The SMILES string of the molecule is Cc1cc(N2CCC(CNS(C)(=O)=O)CC2)ccn1. The topological polar surface area (TPSA) is 62.3 Å². The molecule has 0 saturated carbocycles. The van der Waals surface area contributed by atoms with Crippen LogP contribution in [0.5, 0.6) is 0 Å². The minimum atomic E-state index is -3.07. The van der Waals surface area contributed by atoms with Gasteiger partial charge in [0.05, 0.1) is 6.26 Å². The molecule has 6 heteroatoms. The maximum Gasteiger partial charge on any atom is 0.208 e. The van der Waals surface area contributed by atoms with Gasteiger partial charge in [0.2, 0.25) is 10.0 Å². The molecule has 0 bridgehead atoms. The Morgan fingerprint density at radius 3 is 2.68 bits per heavy atom. The molecule has 106 valence electrons. The smallest absolute Gasteiger partial charge is 0.208 e. The summed E-state index contributed by atoms with van der Waals surface area (Å²) in [7, 11) is -3.07. The molecule has 1 aliphatic rings. The van der Waals surface area contributed by atoms with E-state index in [4.69, 9.17) is 0 Å². The second kappa shape index (κ2) is 5.88. The van der Waals surface area contributed by atoms with Gasteiger partial charge < -0.3 is 4.90 Å². The van der Waals surface area contributed by atoms with Crippen LogP contribution in [0.2, 0.25) is 0 Å². The Morgan fingerprint density at radius 2 is 2.11 bits per heavy atom. The molecule has 0 aromatic carbocycles. The fourth-order valence-corrected chi connectivity index (χ4v) is 2.93. The lowest BCUT2D eigenvalue weighted by atomic mass is 9.97. The number of sulfonamides is 1. The number of piperidine rings is 1. The molecule has 0 unspecified atom stereocenters. The number of aryl methyl sites for hydroxylation is 1. The molecule has 1 N–H and O–H groups in total. The zero-order valence-corrected chi connectivity index (χ0v) is 12.3. The molecular weight excluding hydrogens is 262 g/mol. The third kappa shape index (κ3) is 4.47. The number of rotatable bonds is 4. The molecular formula is C13H21N3O2S. The summed E-state index contributed by atoms with van der Waals surface area (Å²) in [6.45, 7) is 4.49. The van der Waals surface area contributed by atoms with Crippen molar-refractivity contribution >= 4 is 15.7 Å². The van der Waals surface area contributed by atoms with Crippen molar-refractivity contribution < 1.29 is 8.42 Å². The average molecular weight is 283 g/mol. The van der Waals surface area contributed by atoms with Crippen molar-refractivity contribution in [2.75, 3.05) is 30.8 Å². The first kappa shape index (κ1) is 14.3. The van der Waals surface area contributed by atoms with E-state index in [1.807, 2.05) is 19.2 Å². The number of hydrogen-bond acceptors (Lipinski definition) is 4. The largest absolute Gasteiger partial charge is 0.371 e. The standard InChI is InChI=1S/C13H21N3O2S/c1-11-9-13(3-6-14-11)16-7-4-12(5-8-16)10-15-19(2,17)18/h3,6,9,12,15H,4-5,7-8,10H2,1-2H3. The molecule has 1 aromatic rings. The third-order valence-corrected chi connectivity index (χ3v) is 4.19. The Balaban J connectivity index is 1.86. The maximum atomic E-state index is 11.1. The Bertz CT molecular complexity index is 522. The van der Waals surface area contributed by atoms with Gasteiger partial charge in [-0.2, -0.15) is 0 Å². The van der Waals surface area contributed by atoms with Crippen molar-refractivity contribution in [3.05, 3.63) is 24.0 Å². The molecule has 0 radical (unpaired) electrons. The number of nitrogens with one attached hydrogen (secondary N) is 1. The van der Waals surface area contributed by atoms with Crippen LogP contribution >= 0.6 is 0 Å². The van der Waals surface area contributed by atoms with Gasteiger partial charge in [0, 0.05) is 37.2 Å². The lowest BCUT2D eigenvalue weighted by Gasteiger charge is -2.33. The first-order valence-corrected chi connectivity index (χ1v) is 8.45. The van der Waals surface area contributed by atoms with E-state index in [0.29, 0.717) is 12.5 Å². The molecule has 1 aliphatic heterocycles. The Hall–Kier alpha value is -1.14. The van der Waals surface area contributed by atoms with E-state index in [2.05, 4.69) is 20.7 Å². The fourth-order valence-electron chi connectivity index (χ4n) is 2.39. The molecule has 1 saturated heterocycles. The first-order valence-electron chi connectivity index (χ1n) is 6.56. The lowest BCUT2D eigenvalue weighted by molar-refractivity contribution is 0.402. The van der Waals surface area contributed by atoms with Gasteiger partial charge in [0.15, 0.2) is 0 Å². The number of nitrogens with zero attached hydrogens (tertiary/aromatic N) is 2. The van der Waals surface area contributed by atoms with E-state index in [9.17, 15) is 8.42 Å². The van der Waals surface area contributed by atoms with Crippen molar-refractivity contribution in [2.24, 2.45) is 5.92 Å². The Labute approximate surface area is 115 Å². The summed E-state index contributed by atoms with van der Waals surface area (Å²) >= 11 is 0. The van der Waals surface area contributed by atoms with Gasteiger partial charge in [-0.3, -0.25) is 4.98 Å². The van der Waals surface area contributed by atoms with Gasteiger partial charge in [0.1, 0.15) is 0 Å². The highest BCUT2D eigenvalue weighted by Gasteiger charge is 2.20. The van der Waals surface area contributed by atoms with Crippen molar-refractivity contribution in [2.45, 2.75) is 19.8 Å². The Kier molecular flexibility index (Phi) is 4.42. The van der Waals surface area contributed by atoms with Crippen LogP contribution in [0, 0.1) is 12.8 Å². The molecule has 2 rings (SSSR count). The van der Waals surface area contributed by atoms with E-state index in [0.717, 1.165) is 31.6 Å². The normalized spacial score (nSPS) is 17.7. The van der Waals surface area contributed by atoms with Crippen LogP contribution in [0.1, 0.15) is 18.5 Å². The third-order valence-electron chi connectivity index (χ3n) is 3.49. The van der Waals surface area contributed by atoms with E-state index < -0.39 is 10.0 Å². The molecule has 0 atom stereocenters. The van der Waals surface area contributed by atoms with Crippen molar-refractivity contribution in [1.82, 2.24) is 9.71 Å². The molecule has 5 nitrogen and oxygen atoms in total. The molecule has 1 fully saturated rings. The number of aromatic nitrogens is 1. The summed E-state index contributed by atoms with van der Waals surface area (Å²) in [5.41, 5.74) is 2.24. The molecule has 0 amide bonds. The quantitative estimate of drug-likeness (QED) is 0.900. The van der Waals surface area contributed by atoms with Crippen LogP contribution in [-0.2, 0) is 10.0 Å². The van der Waals surface area contributed by atoms with Crippen LogP contribution < -0.4 is 9.62 Å². The minimum Gasteiger partial charge on any atom is -0.371 e. The maximum absolute atomic E-state index is 11.1. The summed E-state index contributed by atoms with van der Waals surface area (Å²) in [5, 5.41) is 0. The van der Waals surface area contributed by atoms with Crippen LogP contribution in [0.3, 0.4) is 0 Å². The summed E-state index contributed by atoms with van der Waals surface area (Å²) < 4.78 is 24.7. The fraction of sp³-hybridized carbons (Fsp3) is 0.615. The van der Waals surface area contributed by atoms with Crippen molar-refractivity contribution in [3.8, 4) is 0 Å². The number of anilines is 1. The summed E-state index contributed by atoms with van der Waals surface area (Å²) in [4.78, 5) is 6.54. The van der Waals surface area contributed by atoms with Gasteiger partial charge in [-0.15, -0.1) is 0 Å². The molecule has 1 aromatic heterocycles. The Morgan fingerprint density at radius 1 is 1.42 bits per heavy atom. The van der Waals surface area contributed by atoms with Gasteiger partial charge in [-0.25, -0.2) is 13.1 Å². The van der Waals surface area contributed by atoms with E-state index in [-0.39, 0.29) is 0 Å². The summed E-state index contributed by atoms with van der Waals surface area (Å²) in [5.74, 6) is 0.439. The van der Waals surface area contributed by atoms with Crippen LogP contribution in [0.15, 0.2) is 18.3 Å². The van der Waals surface area contributed by atoms with Gasteiger partial charge in [0.25, 0.3) is 0 Å². The van der Waals surface area contributed by atoms with Crippen LogP contribution in [-0.4, -0.2) is 39.3 Å². The second-order valence-electron chi connectivity index (χ2n) is 5.21. The highest BCUT2D eigenvalue weighted by atomic mass is 32.2. The predicted molar refractivity (Wildman–Crippen MR) is 76.8 cm³/mol. The van der Waals surface area contributed by atoms with Gasteiger partial charge in [-0.1, -0.05) is 0 Å². The zero-order valence-electron chi connectivity index (χ0n) is 11.5. The monoisotopic (exact) mass is 283 g/mol. The number of hydrogen-bond donors (Lipinski definition) is 1. The van der Waals surface area contributed by atoms with Gasteiger partial charge in [-0.05, 0) is 37.8 Å². The highest BCUT2D eigenvalue weighted by Crippen LogP contribution is 2.23. The van der Waals surface area contributed by atoms with Crippen LogP contribution in [0.25, 0.3) is 0 Å². The summed E-state index contributed by atoms with van der Waals surface area (Å²) in [6, 6.07) is 4.12. The van der Waals surface area contributed by atoms with E-state index >= 15 is 0 Å². The molecule has 2 heterocycles. The molecule has 0 aliphatic carbocycles. The van der Waals surface area contributed by atoms with Crippen molar-refractivity contribution in [1.29, 1.82) is 0 Å². The molecule has 0 spiro atoms. The predicted octanol–water partition coefficient (Wildman–Crippen LogP) is 1.16. The lowest BCUT2D eigenvalue weighted by Crippen LogP contribution is -2.38. The summed E-state index contributed by atoms with van der Waals surface area (Å²) in [6.07, 6.45) is 5.08.